The average molecular weight is 419 g/mol. The predicted octanol–water partition coefficient (Wildman–Crippen LogP) is 2.35. The van der Waals surface area contributed by atoms with E-state index in [0.29, 0.717) is 30.2 Å². The van der Waals surface area contributed by atoms with Crippen molar-refractivity contribution in [3.8, 4) is 5.82 Å². The van der Waals surface area contributed by atoms with Crippen LogP contribution < -0.4 is 0 Å². The number of carbonyl (C=O) groups is 1. The van der Waals surface area contributed by atoms with Crippen LogP contribution in [0.15, 0.2) is 36.7 Å². The van der Waals surface area contributed by atoms with Crippen LogP contribution in [0, 0.1) is 0 Å². The lowest BCUT2D eigenvalue weighted by atomic mass is 9.92. The summed E-state index contributed by atoms with van der Waals surface area (Å²) in [5.74, 6) is 1.68. The lowest BCUT2D eigenvalue weighted by Gasteiger charge is -2.30. The van der Waals surface area contributed by atoms with Gasteiger partial charge in [0, 0.05) is 42.5 Å². The minimum absolute atomic E-state index is 0.0320. The van der Waals surface area contributed by atoms with Crippen molar-refractivity contribution in [3.05, 3.63) is 53.9 Å². The van der Waals surface area contributed by atoms with Crippen molar-refractivity contribution in [1.29, 1.82) is 0 Å². The van der Waals surface area contributed by atoms with Gasteiger partial charge in [-0.25, -0.2) is 4.68 Å². The van der Waals surface area contributed by atoms with Gasteiger partial charge in [-0.2, -0.15) is 14.7 Å². The summed E-state index contributed by atoms with van der Waals surface area (Å²) in [4.78, 5) is 14.8. The second-order valence-electron chi connectivity index (χ2n) is 8.95. The monoisotopic (exact) mass is 419 g/mol. The maximum Gasteiger partial charge on any atom is 0.274 e. The highest BCUT2D eigenvalue weighted by atomic mass is 16.2. The van der Waals surface area contributed by atoms with Crippen LogP contribution in [-0.2, 0) is 5.41 Å². The zero-order chi connectivity index (χ0) is 21.6. The average Bonchev–Trinajstić information content (AvgIpc) is 3.53. The summed E-state index contributed by atoms with van der Waals surface area (Å²) in [6.07, 6.45) is 5.17. The third kappa shape index (κ3) is 3.58. The zero-order valence-electron chi connectivity index (χ0n) is 17.9. The molecule has 1 N–H and O–H groups in total. The van der Waals surface area contributed by atoms with Crippen LogP contribution in [0.4, 0.5) is 0 Å². The Morgan fingerprint density at radius 3 is 2.65 bits per heavy atom. The number of rotatable bonds is 3. The molecule has 160 valence electrons. The van der Waals surface area contributed by atoms with Gasteiger partial charge in [-0.15, -0.1) is 15.3 Å². The summed E-state index contributed by atoms with van der Waals surface area (Å²) in [6.45, 7) is 7.57. The highest BCUT2D eigenvalue weighted by Crippen LogP contribution is 2.28. The van der Waals surface area contributed by atoms with Crippen molar-refractivity contribution in [2.24, 2.45) is 0 Å². The Morgan fingerprint density at radius 1 is 1.16 bits per heavy atom. The number of nitrogens with zero attached hydrogens (tertiary/aromatic N) is 8. The predicted molar refractivity (Wildman–Crippen MR) is 113 cm³/mol. The molecule has 5 rings (SSSR count). The molecular formula is C21H25N9O. The molecule has 0 spiro atoms. The minimum Gasteiger partial charge on any atom is -0.337 e. The van der Waals surface area contributed by atoms with Gasteiger partial charge in [-0.3, -0.25) is 9.89 Å². The summed E-state index contributed by atoms with van der Waals surface area (Å²) >= 11 is 0. The number of piperidine rings is 1. The lowest BCUT2D eigenvalue weighted by Crippen LogP contribution is -2.38. The van der Waals surface area contributed by atoms with Crippen molar-refractivity contribution in [2.75, 3.05) is 13.1 Å². The Labute approximate surface area is 179 Å². The Balaban J connectivity index is 1.31. The van der Waals surface area contributed by atoms with E-state index in [2.05, 4.69) is 51.4 Å². The van der Waals surface area contributed by atoms with Crippen LogP contribution in [-0.4, -0.2) is 63.7 Å². The second-order valence-corrected chi connectivity index (χ2v) is 8.95. The van der Waals surface area contributed by atoms with E-state index in [4.69, 9.17) is 0 Å². The third-order valence-electron chi connectivity index (χ3n) is 5.76. The number of aromatic nitrogens is 8. The summed E-state index contributed by atoms with van der Waals surface area (Å²) < 4.78 is 3.50. The van der Waals surface area contributed by atoms with E-state index in [-0.39, 0.29) is 17.2 Å². The Bertz CT molecular complexity index is 1210. The molecule has 10 heteroatoms. The molecule has 0 aromatic carbocycles. The fourth-order valence-electron chi connectivity index (χ4n) is 3.90. The van der Waals surface area contributed by atoms with Gasteiger partial charge in [0.1, 0.15) is 5.69 Å². The molecule has 1 aliphatic rings. The molecule has 0 bridgehead atoms. The molecule has 0 aliphatic carbocycles. The maximum absolute atomic E-state index is 12.9. The van der Waals surface area contributed by atoms with Crippen LogP contribution >= 0.6 is 0 Å². The van der Waals surface area contributed by atoms with Crippen LogP contribution in [0.5, 0.6) is 0 Å². The van der Waals surface area contributed by atoms with Gasteiger partial charge in [0.2, 0.25) is 0 Å². The zero-order valence-corrected chi connectivity index (χ0v) is 17.9. The molecule has 1 aliphatic heterocycles. The van der Waals surface area contributed by atoms with Gasteiger partial charge in [-0.1, -0.05) is 20.8 Å². The van der Waals surface area contributed by atoms with Crippen molar-refractivity contribution in [3.63, 3.8) is 0 Å². The molecule has 1 amide bonds. The first-order valence-electron chi connectivity index (χ1n) is 10.5. The first-order valence-corrected chi connectivity index (χ1v) is 10.5. The number of hydrogen-bond donors (Lipinski definition) is 1. The van der Waals surface area contributed by atoms with Gasteiger partial charge < -0.3 is 4.90 Å². The number of H-pyrrole nitrogens is 1. The first-order chi connectivity index (χ1) is 14.9. The fourth-order valence-corrected chi connectivity index (χ4v) is 3.90. The van der Waals surface area contributed by atoms with Gasteiger partial charge >= 0.3 is 0 Å². The van der Waals surface area contributed by atoms with Crippen molar-refractivity contribution >= 4 is 11.6 Å². The number of amides is 1. The Morgan fingerprint density at radius 2 is 1.97 bits per heavy atom. The SMILES string of the molecule is CC(C)(C)c1cc(C(=O)N2CCC(c3nnc4ccc(-n5cccn5)nn34)CC2)n[nH]1. The maximum atomic E-state index is 12.9. The minimum atomic E-state index is -0.0741. The third-order valence-corrected chi connectivity index (χ3v) is 5.76. The van der Waals surface area contributed by atoms with E-state index in [9.17, 15) is 4.79 Å². The Kier molecular flexibility index (Phi) is 4.57. The van der Waals surface area contributed by atoms with Crippen LogP contribution in [0.25, 0.3) is 11.5 Å². The summed E-state index contributed by atoms with van der Waals surface area (Å²) in [7, 11) is 0. The number of aromatic amines is 1. The van der Waals surface area contributed by atoms with Gasteiger partial charge in [0.15, 0.2) is 17.3 Å². The van der Waals surface area contributed by atoms with Gasteiger partial charge in [0.25, 0.3) is 5.91 Å². The molecule has 31 heavy (non-hydrogen) atoms. The highest BCUT2D eigenvalue weighted by Gasteiger charge is 2.29. The van der Waals surface area contributed by atoms with Gasteiger partial charge in [-0.05, 0) is 37.1 Å². The highest BCUT2D eigenvalue weighted by molar-refractivity contribution is 5.92. The molecular weight excluding hydrogens is 394 g/mol. The molecule has 0 atom stereocenters. The molecule has 4 aromatic rings. The van der Waals surface area contributed by atoms with Crippen LogP contribution in [0.3, 0.4) is 0 Å². The van der Waals surface area contributed by atoms with E-state index in [1.165, 1.54) is 0 Å². The topological polar surface area (TPSA) is 110 Å². The van der Waals surface area contributed by atoms with Crippen LogP contribution in [0.2, 0.25) is 0 Å². The molecule has 0 saturated carbocycles. The molecule has 0 radical (unpaired) electrons. The quantitative estimate of drug-likeness (QED) is 0.546. The molecule has 0 unspecified atom stereocenters. The fraction of sp³-hybridized carbons (Fsp3) is 0.429. The van der Waals surface area contributed by atoms with E-state index in [1.54, 1.807) is 15.4 Å². The van der Waals surface area contributed by atoms with E-state index >= 15 is 0 Å². The number of carbonyl (C=O) groups excluding carboxylic acids is 1. The number of likely N-dealkylation sites (tertiary alicyclic amines) is 1. The van der Waals surface area contributed by atoms with E-state index in [1.807, 2.05) is 35.4 Å². The van der Waals surface area contributed by atoms with E-state index < -0.39 is 0 Å². The molecule has 4 aromatic heterocycles. The largest absolute Gasteiger partial charge is 0.337 e. The summed E-state index contributed by atoms with van der Waals surface area (Å²) in [5.41, 5.74) is 2.06. The summed E-state index contributed by atoms with van der Waals surface area (Å²) in [6, 6.07) is 7.48. The van der Waals surface area contributed by atoms with Crippen molar-refractivity contribution < 1.29 is 4.79 Å². The van der Waals surface area contributed by atoms with Gasteiger partial charge in [0.05, 0.1) is 0 Å². The summed E-state index contributed by atoms with van der Waals surface area (Å²) in [5, 5.41) is 24.8. The second kappa shape index (κ2) is 7.29. The standard InChI is InChI=1S/C21H25N9O/c1-21(2,3)16-13-15(23-24-16)20(31)28-11-7-14(8-12-28)19-26-25-17-5-6-18(27-30(17)19)29-10-4-9-22-29/h4-6,9-10,13-14H,7-8,11-12H2,1-3H3,(H,23,24). The van der Waals surface area contributed by atoms with Crippen molar-refractivity contribution in [2.45, 2.75) is 44.9 Å². The number of hydrogen-bond acceptors (Lipinski definition) is 6. The molecule has 1 saturated heterocycles. The lowest BCUT2D eigenvalue weighted by molar-refractivity contribution is 0.0704. The van der Waals surface area contributed by atoms with Crippen LogP contribution in [0.1, 0.15) is 61.5 Å². The normalized spacial score (nSPS) is 15.6. The number of nitrogens with one attached hydrogen (secondary N) is 1. The molecule has 10 nitrogen and oxygen atoms in total. The Hall–Kier alpha value is -3.56. The first kappa shape index (κ1) is 19.4. The number of fused-ring (bicyclic) bond motifs is 1. The van der Waals surface area contributed by atoms with E-state index in [0.717, 1.165) is 24.4 Å². The van der Waals surface area contributed by atoms with Crippen molar-refractivity contribution in [1.82, 2.24) is 44.7 Å². The molecule has 1 fully saturated rings. The smallest absolute Gasteiger partial charge is 0.274 e. The molecule has 5 heterocycles.